The van der Waals surface area contributed by atoms with Crippen molar-refractivity contribution in [3.63, 3.8) is 0 Å². The molecule has 3 aromatic rings. The minimum atomic E-state index is -4.00. The Labute approximate surface area is 151 Å². The van der Waals surface area contributed by atoms with E-state index in [4.69, 9.17) is 0 Å². The van der Waals surface area contributed by atoms with E-state index in [0.717, 1.165) is 16.5 Å². The molecule has 1 atom stereocenters. The second-order valence-electron chi connectivity index (χ2n) is 6.33. The van der Waals surface area contributed by atoms with E-state index in [0.29, 0.717) is 11.1 Å². The van der Waals surface area contributed by atoms with Crippen LogP contribution < -0.4 is 9.83 Å². The zero-order valence-electron chi connectivity index (χ0n) is 14.4. The maximum Gasteiger partial charge on any atom is 0.241 e. The highest BCUT2D eigenvalue weighted by molar-refractivity contribution is 7.89. The third kappa shape index (κ3) is 3.63. The summed E-state index contributed by atoms with van der Waals surface area (Å²) in [4.78, 5) is 14.7. The largest absolute Gasteiger partial charge is 0.548 e. The van der Waals surface area contributed by atoms with Gasteiger partial charge in [-0.2, -0.15) is 0 Å². The standard InChI is InChI=1S/C19H20N2O4S/c1-12-7-8-13(2)18(9-12)26(24,25)21-17(19(22)23)10-14-11-20-16-6-4-3-5-15(14)16/h3-9,11,17,20-21H,10H2,1-2H3,(H,22,23)/p-1/t17-/m1/s1. The van der Waals surface area contributed by atoms with Gasteiger partial charge in [0.15, 0.2) is 0 Å². The topological polar surface area (TPSA) is 102 Å². The van der Waals surface area contributed by atoms with Crippen LogP contribution in [0.25, 0.3) is 10.9 Å². The highest BCUT2D eigenvalue weighted by Crippen LogP contribution is 2.21. The van der Waals surface area contributed by atoms with Crippen LogP contribution >= 0.6 is 0 Å². The van der Waals surface area contributed by atoms with E-state index >= 15 is 0 Å². The number of nitrogens with one attached hydrogen (secondary N) is 2. The third-order valence-electron chi connectivity index (χ3n) is 4.31. The van der Waals surface area contributed by atoms with Crippen molar-refractivity contribution in [3.8, 4) is 0 Å². The second kappa shape index (κ2) is 6.93. The smallest absolute Gasteiger partial charge is 0.241 e. The first-order chi connectivity index (χ1) is 12.3. The van der Waals surface area contributed by atoms with Crippen molar-refractivity contribution in [2.24, 2.45) is 0 Å². The van der Waals surface area contributed by atoms with E-state index in [1.165, 1.54) is 6.07 Å². The van der Waals surface area contributed by atoms with Gasteiger partial charge in [0.25, 0.3) is 0 Å². The Morgan fingerprint density at radius 3 is 2.65 bits per heavy atom. The summed E-state index contributed by atoms with van der Waals surface area (Å²) < 4.78 is 27.7. The average Bonchev–Trinajstić information content (AvgIpc) is 2.99. The number of aliphatic carboxylic acids is 1. The molecule has 0 aliphatic heterocycles. The summed E-state index contributed by atoms with van der Waals surface area (Å²) in [5.41, 5.74) is 2.89. The van der Waals surface area contributed by atoms with Crippen LogP contribution in [0.15, 0.2) is 53.6 Å². The summed E-state index contributed by atoms with van der Waals surface area (Å²) in [6.07, 6.45) is 1.67. The molecule has 0 bridgehead atoms. The summed E-state index contributed by atoms with van der Waals surface area (Å²) in [6, 6.07) is 11.1. The quantitative estimate of drug-likeness (QED) is 0.684. The van der Waals surface area contributed by atoms with Crippen LogP contribution in [0.4, 0.5) is 0 Å². The summed E-state index contributed by atoms with van der Waals surface area (Å²) in [5.74, 6) is -1.47. The lowest BCUT2D eigenvalue weighted by molar-refractivity contribution is -0.307. The molecule has 1 aromatic heterocycles. The van der Waals surface area contributed by atoms with E-state index < -0.39 is 22.0 Å². The highest BCUT2D eigenvalue weighted by Gasteiger charge is 2.23. The molecule has 6 nitrogen and oxygen atoms in total. The monoisotopic (exact) mass is 371 g/mol. The van der Waals surface area contributed by atoms with Gasteiger partial charge in [-0.15, -0.1) is 0 Å². The van der Waals surface area contributed by atoms with Crippen LogP contribution in [0.2, 0.25) is 0 Å². The van der Waals surface area contributed by atoms with E-state index in [9.17, 15) is 18.3 Å². The lowest BCUT2D eigenvalue weighted by atomic mass is 10.1. The Hall–Kier alpha value is -2.64. The molecule has 0 aliphatic carbocycles. The fourth-order valence-electron chi connectivity index (χ4n) is 2.94. The fourth-order valence-corrected chi connectivity index (χ4v) is 4.46. The van der Waals surface area contributed by atoms with Crippen LogP contribution in [0.5, 0.6) is 0 Å². The number of hydrogen-bond donors (Lipinski definition) is 2. The molecule has 0 saturated carbocycles. The van der Waals surface area contributed by atoms with Crippen LogP contribution in [0.3, 0.4) is 0 Å². The summed E-state index contributed by atoms with van der Waals surface area (Å²) in [5, 5.41) is 12.4. The number of carbonyl (C=O) groups is 1. The van der Waals surface area contributed by atoms with Gasteiger partial charge in [-0.3, -0.25) is 0 Å². The number of rotatable bonds is 6. The molecule has 0 spiro atoms. The Morgan fingerprint density at radius 1 is 1.19 bits per heavy atom. The predicted octanol–water partition coefficient (Wildman–Crippen LogP) is 1.42. The first-order valence-corrected chi connectivity index (χ1v) is 9.61. The SMILES string of the molecule is Cc1ccc(C)c(S(=O)(=O)N[C@H](Cc2c[nH]c3ccccc23)C(=O)[O-])c1. The van der Waals surface area contributed by atoms with Gasteiger partial charge in [0.2, 0.25) is 10.0 Å². The number of sulfonamides is 1. The lowest BCUT2D eigenvalue weighted by Crippen LogP contribution is -2.49. The zero-order chi connectivity index (χ0) is 18.9. The molecule has 0 aliphatic rings. The molecule has 0 unspecified atom stereocenters. The minimum absolute atomic E-state index is 0.0174. The molecule has 136 valence electrons. The van der Waals surface area contributed by atoms with Crippen molar-refractivity contribution < 1.29 is 18.3 Å². The first-order valence-electron chi connectivity index (χ1n) is 8.13. The van der Waals surface area contributed by atoms with Crippen molar-refractivity contribution in [1.29, 1.82) is 0 Å². The van der Waals surface area contributed by atoms with Gasteiger partial charge in [0.1, 0.15) is 0 Å². The number of H-pyrrole nitrogens is 1. The molecule has 1 heterocycles. The van der Waals surface area contributed by atoms with E-state index in [-0.39, 0.29) is 11.3 Å². The zero-order valence-corrected chi connectivity index (χ0v) is 15.3. The Balaban J connectivity index is 1.91. The van der Waals surface area contributed by atoms with Crippen molar-refractivity contribution in [1.82, 2.24) is 9.71 Å². The third-order valence-corrected chi connectivity index (χ3v) is 5.93. The molecule has 0 saturated heterocycles. The first kappa shape index (κ1) is 18.2. The van der Waals surface area contributed by atoms with Gasteiger partial charge >= 0.3 is 0 Å². The molecule has 26 heavy (non-hydrogen) atoms. The molecule has 0 fully saturated rings. The van der Waals surface area contributed by atoms with Crippen molar-refractivity contribution in [3.05, 3.63) is 65.4 Å². The maximum absolute atomic E-state index is 12.7. The molecule has 2 aromatic carbocycles. The Kier molecular flexibility index (Phi) is 4.84. The van der Waals surface area contributed by atoms with Gasteiger partial charge in [0, 0.05) is 17.1 Å². The number of carboxylic acids is 1. The Bertz CT molecular complexity index is 1070. The normalized spacial score (nSPS) is 13.0. The summed E-state index contributed by atoms with van der Waals surface area (Å²) in [6.45, 7) is 3.45. The van der Waals surface area contributed by atoms with Gasteiger partial charge < -0.3 is 14.9 Å². The van der Waals surface area contributed by atoms with Crippen LogP contribution in [-0.2, 0) is 21.2 Å². The van der Waals surface area contributed by atoms with E-state index in [1.54, 1.807) is 32.2 Å². The van der Waals surface area contributed by atoms with Gasteiger partial charge in [-0.1, -0.05) is 30.3 Å². The van der Waals surface area contributed by atoms with Crippen molar-refractivity contribution in [2.75, 3.05) is 0 Å². The lowest BCUT2D eigenvalue weighted by Gasteiger charge is -2.20. The highest BCUT2D eigenvalue weighted by atomic mass is 32.2. The van der Waals surface area contributed by atoms with Crippen LogP contribution in [-0.4, -0.2) is 25.4 Å². The number of aromatic amines is 1. The number of hydrogen-bond acceptors (Lipinski definition) is 4. The molecule has 0 amide bonds. The van der Waals surface area contributed by atoms with E-state index in [1.807, 2.05) is 24.3 Å². The maximum atomic E-state index is 12.7. The molecule has 7 heteroatoms. The Morgan fingerprint density at radius 2 is 1.92 bits per heavy atom. The van der Waals surface area contributed by atoms with Gasteiger partial charge in [0.05, 0.1) is 16.9 Å². The molecule has 0 radical (unpaired) electrons. The van der Waals surface area contributed by atoms with Crippen LogP contribution in [0.1, 0.15) is 16.7 Å². The molecule has 2 N–H and O–H groups in total. The van der Waals surface area contributed by atoms with Crippen molar-refractivity contribution in [2.45, 2.75) is 31.2 Å². The predicted molar refractivity (Wildman–Crippen MR) is 97.0 cm³/mol. The summed E-state index contributed by atoms with van der Waals surface area (Å²) in [7, 11) is -4.00. The molecule has 3 rings (SSSR count). The number of aromatic nitrogens is 1. The number of fused-ring (bicyclic) bond motifs is 1. The van der Waals surface area contributed by atoms with Crippen LogP contribution in [0, 0.1) is 13.8 Å². The van der Waals surface area contributed by atoms with E-state index in [2.05, 4.69) is 9.71 Å². The second-order valence-corrected chi connectivity index (χ2v) is 8.01. The van der Waals surface area contributed by atoms with Gasteiger partial charge in [-0.25, -0.2) is 13.1 Å². The molecular weight excluding hydrogens is 352 g/mol. The number of aryl methyl sites for hydroxylation is 2. The average molecular weight is 371 g/mol. The number of carboxylic acid groups (broad SMARTS) is 1. The summed E-state index contributed by atoms with van der Waals surface area (Å²) >= 11 is 0. The fraction of sp³-hybridized carbons (Fsp3) is 0.211. The minimum Gasteiger partial charge on any atom is -0.548 e. The number of para-hydroxylation sites is 1. The van der Waals surface area contributed by atoms with Gasteiger partial charge in [-0.05, 0) is 49.1 Å². The number of carbonyl (C=O) groups excluding carboxylic acids is 1. The van der Waals surface area contributed by atoms with Crippen molar-refractivity contribution >= 4 is 26.9 Å². The number of benzene rings is 2. The molecular formula is C19H19N2O4S-.